The van der Waals surface area contributed by atoms with Crippen LogP contribution in [0.4, 0.5) is 0 Å². The first-order valence-corrected chi connectivity index (χ1v) is 6.88. The van der Waals surface area contributed by atoms with Crippen LogP contribution in [0.25, 0.3) is 10.9 Å². The number of nitriles is 1. The van der Waals surface area contributed by atoms with Gasteiger partial charge in [0.2, 0.25) is 0 Å². The standard InChI is InChI=1S/C16H19N6O.K/c1-12(8-21-11-22-10-19)23-16-5-13(3-4-14(16)6-17)15(7-18)9-20-2;/h3-5,7,9-12,18H,8H2,1-2H3,(H2,19,21,22);/q-1;+1/b15-9+,18-7?;/t12-;/m0./s1. The van der Waals surface area contributed by atoms with Crippen molar-refractivity contribution in [3.05, 3.63) is 40.8 Å². The molecule has 120 valence electrons. The van der Waals surface area contributed by atoms with E-state index in [2.05, 4.69) is 21.4 Å². The first-order valence-electron chi connectivity index (χ1n) is 6.88. The zero-order valence-corrected chi connectivity index (χ0v) is 17.2. The van der Waals surface area contributed by atoms with Gasteiger partial charge in [0.15, 0.2) is 0 Å². The quantitative estimate of drug-likeness (QED) is 0.367. The van der Waals surface area contributed by atoms with Gasteiger partial charge in [0, 0.05) is 6.21 Å². The molecule has 3 N–H and O–H groups in total. The Hall–Kier alpha value is -1.50. The van der Waals surface area contributed by atoms with Gasteiger partial charge in [-0.25, -0.2) is 4.99 Å². The van der Waals surface area contributed by atoms with E-state index in [9.17, 15) is 5.26 Å². The third-order valence-electron chi connectivity index (χ3n) is 2.78. The number of rotatable bonds is 8. The monoisotopic (exact) mass is 350 g/mol. The summed E-state index contributed by atoms with van der Waals surface area (Å²) < 4.78 is 5.78. The Balaban J connectivity index is 0.00000529. The van der Waals surface area contributed by atoms with E-state index in [-0.39, 0.29) is 57.5 Å². The van der Waals surface area contributed by atoms with E-state index in [0.717, 1.165) is 11.9 Å². The van der Waals surface area contributed by atoms with Crippen LogP contribution in [0, 0.1) is 16.7 Å². The Morgan fingerprint density at radius 1 is 1.54 bits per heavy atom. The van der Waals surface area contributed by atoms with Gasteiger partial charge in [0.25, 0.3) is 0 Å². The van der Waals surface area contributed by atoms with Crippen molar-refractivity contribution in [1.82, 2.24) is 0 Å². The summed E-state index contributed by atoms with van der Waals surface area (Å²) >= 11 is 0. The normalized spacial score (nSPS) is 12.5. The number of hydrogen-bond donors (Lipinski definition) is 2. The maximum absolute atomic E-state index is 9.20. The molecule has 0 aliphatic carbocycles. The van der Waals surface area contributed by atoms with Gasteiger partial charge in [-0.05, 0) is 30.2 Å². The average molecular weight is 350 g/mol. The van der Waals surface area contributed by atoms with E-state index in [4.69, 9.17) is 15.9 Å². The van der Waals surface area contributed by atoms with Crippen LogP contribution in [-0.2, 0) is 0 Å². The SMILES string of the molecule is C[N-]/C=C(\C=N)c1ccc(C#N)c(O[C@@H](C)CN=CN=CN)c1.[K+]. The number of nitrogens with zero attached hydrogens (tertiary/aromatic N) is 4. The van der Waals surface area contributed by atoms with Crippen molar-refractivity contribution >= 4 is 24.5 Å². The van der Waals surface area contributed by atoms with Crippen molar-refractivity contribution < 1.29 is 56.1 Å². The third-order valence-corrected chi connectivity index (χ3v) is 2.78. The third kappa shape index (κ3) is 7.38. The Morgan fingerprint density at radius 2 is 2.29 bits per heavy atom. The molecule has 0 aliphatic heterocycles. The molecule has 0 spiro atoms. The van der Waals surface area contributed by atoms with Crippen molar-refractivity contribution in [2.75, 3.05) is 13.6 Å². The molecule has 7 nitrogen and oxygen atoms in total. The van der Waals surface area contributed by atoms with Gasteiger partial charge < -0.3 is 21.2 Å². The average Bonchev–Trinajstić information content (AvgIpc) is 2.56. The summed E-state index contributed by atoms with van der Waals surface area (Å²) in [6.45, 7) is 2.22. The fourth-order valence-electron chi connectivity index (χ4n) is 1.76. The smallest absolute Gasteiger partial charge is 0.693 e. The first kappa shape index (κ1) is 22.5. The minimum absolute atomic E-state index is 0. The summed E-state index contributed by atoms with van der Waals surface area (Å²) in [5.41, 5.74) is 6.91. The van der Waals surface area contributed by atoms with Crippen LogP contribution in [-0.4, -0.2) is 38.6 Å². The summed E-state index contributed by atoms with van der Waals surface area (Å²) in [5.74, 6) is 0.443. The van der Waals surface area contributed by atoms with E-state index < -0.39 is 0 Å². The van der Waals surface area contributed by atoms with Crippen LogP contribution in [0.5, 0.6) is 5.75 Å². The van der Waals surface area contributed by atoms with Gasteiger partial charge in [-0.15, -0.1) is 7.05 Å². The molecule has 0 amide bonds. The molecule has 24 heavy (non-hydrogen) atoms. The fraction of sp³-hybridized carbons (Fsp3) is 0.250. The molecule has 1 aromatic carbocycles. The Kier molecular flexibility index (Phi) is 12.1. The van der Waals surface area contributed by atoms with Gasteiger partial charge in [-0.3, -0.25) is 4.99 Å². The second-order valence-electron chi connectivity index (χ2n) is 4.52. The molecular formula is C16H19KN6O. The molecular weight excluding hydrogens is 331 g/mol. The number of aliphatic imine (C=N–C) groups is 2. The minimum atomic E-state index is -0.246. The molecule has 0 aliphatic rings. The Morgan fingerprint density at radius 3 is 2.88 bits per heavy atom. The van der Waals surface area contributed by atoms with Crippen LogP contribution in [0.1, 0.15) is 18.1 Å². The number of hydrogen-bond acceptors (Lipinski definition) is 4. The minimum Gasteiger partial charge on any atom is -0.693 e. The molecule has 8 heteroatoms. The molecule has 0 heterocycles. The summed E-state index contributed by atoms with van der Waals surface area (Å²) in [5, 5.41) is 20.5. The largest absolute Gasteiger partial charge is 1.00 e. The number of nitrogens with one attached hydrogen (secondary N) is 1. The summed E-state index contributed by atoms with van der Waals surface area (Å²) in [6, 6.07) is 7.23. The molecule has 0 fully saturated rings. The topological polar surface area (TPSA) is 122 Å². The van der Waals surface area contributed by atoms with Gasteiger partial charge in [0.1, 0.15) is 24.3 Å². The van der Waals surface area contributed by atoms with E-state index >= 15 is 0 Å². The Bertz CT molecular complexity index is 663. The van der Waals surface area contributed by atoms with Crippen LogP contribution in [0.3, 0.4) is 0 Å². The van der Waals surface area contributed by atoms with Crippen molar-refractivity contribution in [2.24, 2.45) is 15.7 Å². The number of nitrogens with two attached hydrogens (primary N) is 1. The van der Waals surface area contributed by atoms with Crippen LogP contribution >= 0.6 is 0 Å². The van der Waals surface area contributed by atoms with Gasteiger partial charge in [0.05, 0.1) is 18.4 Å². The van der Waals surface area contributed by atoms with Crippen molar-refractivity contribution in [2.45, 2.75) is 13.0 Å². The number of benzene rings is 1. The molecule has 0 unspecified atom stereocenters. The predicted octanol–water partition coefficient (Wildman–Crippen LogP) is -0.661. The second-order valence-corrected chi connectivity index (χ2v) is 4.52. The van der Waals surface area contributed by atoms with Crippen molar-refractivity contribution in [1.29, 1.82) is 10.7 Å². The van der Waals surface area contributed by atoms with E-state index in [1.165, 1.54) is 12.6 Å². The molecule has 1 atom stereocenters. The molecule has 0 bridgehead atoms. The molecule has 0 aromatic heterocycles. The number of ether oxygens (including phenoxy) is 1. The maximum atomic E-state index is 9.20. The van der Waals surface area contributed by atoms with Gasteiger partial charge in [-0.1, -0.05) is 6.07 Å². The van der Waals surface area contributed by atoms with E-state index in [1.807, 2.05) is 6.92 Å². The van der Waals surface area contributed by atoms with Crippen LogP contribution in [0.15, 0.2) is 34.4 Å². The van der Waals surface area contributed by atoms with E-state index in [1.54, 1.807) is 31.4 Å². The Labute approximate surface area is 184 Å². The number of allylic oxidation sites excluding steroid dienone is 1. The zero-order valence-electron chi connectivity index (χ0n) is 14.1. The van der Waals surface area contributed by atoms with Gasteiger partial charge in [-0.2, -0.15) is 11.5 Å². The second kappa shape index (κ2) is 12.9. The van der Waals surface area contributed by atoms with Gasteiger partial charge >= 0.3 is 51.4 Å². The van der Waals surface area contributed by atoms with Crippen LogP contribution in [0.2, 0.25) is 0 Å². The maximum Gasteiger partial charge on any atom is 1.00 e. The summed E-state index contributed by atoms with van der Waals surface area (Å²) in [6.07, 6.45) is 5.04. The van der Waals surface area contributed by atoms with Crippen molar-refractivity contribution in [3.63, 3.8) is 0 Å². The molecule has 1 aromatic rings. The predicted molar refractivity (Wildman–Crippen MR) is 93.3 cm³/mol. The van der Waals surface area contributed by atoms with Crippen molar-refractivity contribution in [3.8, 4) is 11.8 Å². The first-order chi connectivity index (χ1) is 11.2. The summed E-state index contributed by atoms with van der Waals surface area (Å²) in [4.78, 5) is 7.71. The van der Waals surface area contributed by atoms with E-state index in [0.29, 0.717) is 23.4 Å². The fourth-order valence-corrected chi connectivity index (χ4v) is 1.76. The molecule has 1 rings (SSSR count). The molecule has 0 saturated carbocycles. The van der Waals surface area contributed by atoms with Crippen LogP contribution < -0.4 is 61.9 Å². The molecule has 0 saturated heterocycles. The molecule has 0 radical (unpaired) electrons. The zero-order chi connectivity index (χ0) is 17.1. The summed E-state index contributed by atoms with van der Waals surface area (Å²) in [7, 11) is 1.63.